The Labute approximate surface area is 128 Å². The molecule has 0 amide bonds. The number of nitrogens with zero attached hydrogens (tertiary/aromatic N) is 3. The van der Waals surface area contributed by atoms with Gasteiger partial charge >= 0.3 is 0 Å². The monoisotopic (exact) mass is 294 g/mol. The molecule has 1 fully saturated rings. The molecule has 0 aliphatic carbocycles. The molecule has 2 unspecified atom stereocenters. The molecule has 0 spiro atoms. The van der Waals surface area contributed by atoms with Gasteiger partial charge < -0.3 is 10.1 Å². The van der Waals surface area contributed by atoms with Gasteiger partial charge in [0.25, 0.3) is 0 Å². The maximum atomic E-state index is 5.41. The van der Waals surface area contributed by atoms with Crippen LogP contribution in [-0.4, -0.2) is 53.6 Å². The van der Waals surface area contributed by atoms with E-state index in [1.165, 1.54) is 11.3 Å². The zero-order chi connectivity index (χ0) is 15.4. The van der Waals surface area contributed by atoms with Gasteiger partial charge in [-0.05, 0) is 34.6 Å². The zero-order valence-electron chi connectivity index (χ0n) is 14.1. The van der Waals surface area contributed by atoms with Crippen LogP contribution in [0.1, 0.15) is 43.8 Å². The molecule has 21 heavy (non-hydrogen) atoms. The van der Waals surface area contributed by atoms with E-state index in [1.807, 2.05) is 0 Å². The summed E-state index contributed by atoms with van der Waals surface area (Å²) in [5.74, 6) is 0. The highest BCUT2D eigenvalue weighted by Crippen LogP contribution is 2.21. The molecule has 2 heterocycles. The summed E-state index contributed by atoms with van der Waals surface area (Å²) in [6, 6.07) is 0.795. The lowest BCUT2D eigenvalue weighted by molar-refractivity contribution is 0.0339. The highest BCUT2D eigenvalue weighted by atomic mass is 16.5. The van der Waals surface area contributed by atoms with Gasteiger partial charge in [-0.3, -0.25) is 9.58 Å². The van der Waals surface area contributed by atoms with Crippen LogP contribution in [0.3, 0.4) is 0 Å². The van der Waals surface area contributed by atoms with Crippen molar-refractivity contribution in [1.29, 1.82) is 0 Å². The summed E-state index contributed by atoms with van der Waals surface area (Å²) in [6.45, 7) is 16.8. The predicted octanol–water partition coefficient (Wildman–Crippen LogP) is 1.89. The molecule has 120 valence electrons. The quantitative estimate of drug-likeness (QED) is 0.870. The molecule has 1 aliphatic rings. The molecule has 0 radical (unpaired) electrons. The van der Waals surface area contributed by atoms with Crippen molar-refractivity contribution in [3.05, 3.63) is 17.0 Å². The average Bonchev–Trinajstić information content (AvgIpc) is 2.74. The molecule has 0 aromatic carbocycles. The number of rotatable bonds is 6. The maximum absolute atomic E-state index is 5.41. The second-order valence-electron chi connectivity index (χ2n) is 6.10. The van der Waals surface area contributed by atoms with Crippen molar-refractivity contribution in [2.45, 2.75) is 53.2 Å². The van der Waals surface area contributed by atoms with E-state index in [4.69, 9.17) is 4.74 Å². The smallest absolute Gasteiger partial charge is 0.0644 e. The van der Waals surface area contributed by atoms with Gasteiger partial charge in [-0.2, -0.15) is 5.10 Å². The van der Waals surface area contributed by atoms with Crippen LogP contribution in [0.25, 0.3) is 0 Å². The van der Waals surface area contributed by atoms with Crippen LogP contribution in [0, 0.1) is 13.8 Å². The summed E-state index contributed by atoms with van der Waals surface area (Å²) in [5.41, 5.74) is 3.78. The SMILES string of the molecule is CCn1nc(C)c(C(C)NC(C)CN2CCOCC2)c1C. The first kappa shape index (κ1) is 16.5. The lowest BCUT2D eigenvalue weighted by atomic mass is 10.1. The van der Waals surface area contributed by atoms with E-state index in [1.54, 1.807) is 0 Å². The third kappa shape index (κ3) is 4.05. The minimum absolute atomic E-state index is 0.335. The first-order chi connectivity index (χ1) is 10.0. The van der Waals surface area contributed by atoms with E-state index in [9.17, 15) is 0 Å². The second-order valence-corrected chi connectivity index (χ2v) is 6.10. The molecule has 2 atom stereocenters. The van der Waals surface area contributed by atoms with Gasteiger partial charge in [0.15, 0.2) is 0 Å². The molecular weight excluding hydrogens is 264 g/mol. The van der Waals surface area contributed by atoms with Crippen molar-refractivity contribution in [3.63, 3.8) is 0 Å². The van der Waals surface area contributed by atoms with Gasteiger partial charge in [-0.25, -0.2) is 0 Å². The number of hydrogen-bond acceptors (Lipinski definition) is 4. The fourth-order valence-electron chi connectivity index (χ4n) is 3.38. The lowest BCUT2D eigenvalue weighted by Gasteiger charge is -2.30. The number of hydrogen-bond donors (Lipinski definition) is 1. The highest BCUT2D eigenvalue weighted by Gasteiger charge is 2.20. The standard InChI is InChI=1S/C16H30N4O/c1-6-20-15(5)16(14(4)18-20)13(3)17-12(2)11-19-7-9-21-10-8-19/h12-13,17H,6-11H2,1-5H3. The van der Waals surface area contributed by atoms with Crippen LogP contribution in [0.4, 0.5) is 0 Å². The maximum Gasteiger partial charge on any atom is 0.0644 e. The molecular formula is C16H30N4O. The number of nitrogens with one attached hydrogen (secondary N) is 1. The van der Waals surface area contributed by atoms with Crippen LogP contribution in [0.5, 0.6) is 0 Å². The van der Waals surface area contributed by atoms with Crippen molar-refractivity contribution < 1.29 is 4.74 Å². The lowest BCUT2D eigenvalue weighted by Crippen LogP contribution is -2.45. The third-order valence-electron chi connectivity index (χ3n) is 4.34. The zero-order valence-corrected chi connectivity index (χ0v) is 14.1. The first-order valence-corrected chi connectivity index (χ1v) is 8.13. The minimum atomic E-state index is 0.335. The number of ether oxygens (including phenoxy) is 1. The second kappa shape index (κ2) is 7.38. The normalized spacial score (nSPS) is 19.7. The van der Waals surface area contributed by atoms with Gasteiger partial charge in [-0.15, -0.1) is 0 Å². The van der Waals surface area contributed by atoms with Crippen molar-refractivity contribution in [2.75, 3.05) is 32.8 Å². The third-order valence-corrected chi connectivity index (χ3v) is 4.34. The van der Waals surface area contributed by atoms with E-state index >= 15 is 0 Å². The molecule has 5 heteroatoms. The Morgan fingerprint density at radius 2 is 1.90 bits per heavy atom. The Hall–Kier alpha value is -0.910. The molecule has 0 bridgehead atoms. The Morgan fingerprint density at radius 1 is 1.24 bits per heavy atom. The summed E-state index contributed by atoms with van der Waals surface area (Å²) >= 11 is 0. The van der Waals surface area contributed by atoms with Crippen LogP contribution in [0.2, 0.25) is 0 Å². The molecule has 1 N–H and O–H groups in total. The fraction of sp³-hybridized carbons (Fsp3) is 0.812. The fourth-order valence-corrected chi connectivity index (χ4v) is 3.38. The first-order valence-electron chi connectivity index (χ1n) is 8.13. The average molecular weight is 294 g/mol. The van der Waals surface area contributed by atoms with Crippen LogP contribution < -0.4 is 5.32 Å². The number of aromatic nitrogens is 2. The summed E-state index contributed by atoms with van der Waals surface area (Å²) in [6.07, 6.45) is 0. The molecule has 1 aromatic rings. The van der Waals surface area contributed by atoms with E-state index in [0.29, 0.717) is 12.1 Å². The Morgan fingerprint density at radius 3 is 2.48 bits per heavy atom. The van der Waals surface area contributed by atoms with Gasteiger partial charge in [0.2, 0.25) is 0 Å². The summed E-state index contributed by atoms with van der Waals surface area (Å²) in [7, 11) is 0. The number of aryl methyl sites for hydroxylation is 2. The van der Waals surface area contributed by atoms with Gasteiger partial charge in [0, 0.05) is 49.5 Å². The molecule has 1 saturated heterocycles. The topological polar surface area (TPSA) is 42.3 Å². The molecule has 5 nitrogen and oxygen atoms in total. The molecule has 2 rings (SSSR count). The van der Waals surface area contributed by atoms with Crippen molar-refractivity contribution >= 4 is 0 Å². The van der Waals surface area contributed by atoms with Crippen LogP contribution in [-0.2, 0) is 11.3 Å². The van der Waals surface area contributed by atoms with Crippen LogP contribution in [0.15, 0.2) is 0 Å². The van der Waals surface area contributed by atoms with E-state index in [2.05, 4.69) is 54.6 Å². The minimum Gasteiger partial charge on any atom is -0.379 e. The highest BCUT2D eigenvalue weighted by molar-refractivity contribution is 5.27. The molecule has 0 saturated carbocycles. The largest absolute Gasteiger partial charge is 0.379 e. The molecule has 1 aromatic heterocycles. The number of morpholine rings is 1. The Kier molecular flexibility index (Phi) is 5.79. The van der Waals surface area contributed by atoms with Gasteiger partial charge in [-0.1, -0.05) is 0 Å². The van der Waals surface area contributed by atoms with Gasteiger partial charge in [0.05, 0.1) is 18.9 Å². The Balaban J connectivity index is 1.94. The summed E-state index contributed by atoms with van der Waals surface area (Å²) < 4.78 is 7.50. The van der Waals surface area contributed by atoms with E-state index in [0.717, 1.165) is 45.1 Å². The van der Waals surface area contributed by atoms with E-state index in [-0.39, 0.29) is 0 Å². The van der Waals surface area contributed by atoms with Crippen molar-refractivity contribution in [3.8, 4) is 0 Å². The molecule has 1 aliphatic heterocycles. The van der Waals surface area contributed by atoms with Gasteiger partial charge in [0.1, 0.15) is 0 Å². The summed E-state index contributed by atoms with van der Waals surface area (Å²) in [4.78, 5) is 2.48. The van der Waals surface area contributed by atoms with Crippen LogP contribution >= 0.6 is 0 Å². The Bertz CT molecular complexity index is 451. The predicted molar refractivity (Wildman–Crippen MR) is 85.6 cm³/mol. The van der Waals surface area contributed by atoms with E-state index < -0.39 is 0 Å². The summed E-state index contributed by atoms with van der Waals surface area (Å²) in [5, 5.41) is 8.35. The van der Waals surface area contributed by atoms with Crippen molar-refractivity contribution in [2.24, 2.45) is 0 Å². The van der Waals surface area contributed by atoms with Crippen molar-refractivity contribution in [1.82, 2.24) is 20.0 Å².